The second kappa shape index (κ2) is 10.9. The average molecular weight is 528 g/mol. The molecule has 2 aromatic heterocycles. The monoisotopic (exact) mass is 527 g/mol. The predicted molar refractivity (Wildman–Crippen MR) is 147 cm³/mol. The van der Waals surface area contributed by atoms with Gasteiger partial charge in [-0.1, -0.05) is 61.9 Å². The van der Waals surface area contributed by atoms with Crippen LogP contribution in [0.4, 0.5) is 0 Å². The molecule has 10 heteroatoms. The largest absolute Gasteiger partial charge is 0.381 e. The fourth-order valence-corrected chi connectivity index (χ4v) is 4.99. The second-order valence-electron chi connectivity index (χ2n) is 10.5. The predicted octanol–water partition coefficient (Wildman–Crippen LogP) is 3.14. The van der Waals surface area contributed by atoms with Crippen molar-refractivity contribution in [3.8, 4) is 22.5 Å². The summed E-state index contributed by atoms with van der Waals surface area (Å²) in [6.07, 6.45) is 3.14. The minimum absolute atomic E-state index is 0.120. The Morgan fingerprint density at radius 1 is 1.10 bits per heavy atom. The number of H-pyrrole nitrogens is 1. The minimum atomic E-state index is -1.49. The molecule has 2 N–H and O–H groups in total. The third kappa shape index (κ3) is 5.51. The number of fused-ring (bicyclic) bond motifs is 1. The molecule has 1 aliphatic rings. The Labute approximate surface area is 226 Å². The molecule has 0 aliphatic carbocycles. The van der Waals surface area contributed by atoms with Crippen LogP contribution in [-0.2, 0) is 30.7 Å². The van der Waals surface area contributed by atoms with Gasteiger partial charge >= 0.3 is 0 Å². The number of nitrogens with one attached hydrogen (secondary N) is 1. The summed E-state index contributed by atoms with van der Waals surface area (Å²) in [5.74, 6) is 0.916. The van der Waals surface area contributed by atoms with E-state index >= 15 is 0 Å². The number of tetrazole rings is 1. The molecule has 39 heavy (non-hydrogen) atoms. The highest BCUT2D eigenvalue weighted by atomic mass is 16.3. The molecule has 2 aromatic carbocycles. The van der Waals surface area contributed by atoms with Crippen molar-refractivity contribution in [2.75, 3.05) is 6.54 Å². The van der Waals surface area contributed by atoms with Crippen LogP contribution in [0.5, 0.6) is 0 Å². The van der Waals surface area contributed by atoms with Crippen LogP contribution in [-0.4, -0.2) is 58.2 Å². The van der Waals surface area contributed by atoms with Gasteiger partial charge in [-0.3, -0.25) is 14.2 Å². The van der Waals surface area contributed by atoms with Gasteiger partial charge < -0.3 is 10.0 Å². The van der Waals surface area contributed by atoms with Crippen LogP contribution in [0, 0.1) is 0 Å². The number of aryl methyl sites for hydroxylation is 1. The van der Waals surface area contributed by atoms with Gasteiger partial charge in [0.2, 0.25) is 5.82 Å². The number of aliphatic hydroxyl groups is 1. The smallest absolute Gasteiger partial charge is 0.259 e. The highest BCUT2D eigenvalue weighted by Gasteiger charge is 2.33. The Balaban J connectivity index is 1.46. The summed E-state index contributed by atoms with van der Waals surface area (Å²) in [5, 5.41) is 24.7. The summed E-state index contributed by atoms with van der Waals surface area (Å²) >= 11 is 0. The number of rotatable bonds is 8. The molecule has 0 fully saturated rings. The SMILES string of the molecule is CCCCc1nc2c(c(=O)n1Cc1ccc(-c3ccccc3-c3nn[nH]n3)cc1)CN(C(=O)C(C)(C)O)CC2. The quantitative estimate of drug-likeness (QED) is 0.360. The van der Waals surface area contributed by atoms with E-state index in [0.29, 0.717) is 37.3 Å². The first kappa shape index (κ1) is 26.4. The molecule has 1 amide bonds. The van der Waals surface area contributed by atoms with E-state index in [1.54, 1.807) is 9.47 Å². The zero-order chi connectivity index (χ0) is 27.6. The molecule has 0 spiro atoms. The van der Waals surface area contributed by atoms with Crippen LogP contribution >= 0.6 is 0 Å². The molecule has 0 atom stereocenters. The van der Waals surface area contributed by atoms with Gasteiger partial charge in [-0.25, -0.2) is 4.98 Å². The zero-order valence-electron chi connectivity index (χ0n) is 22.5. The van der Waals surface area contributed by atoms with Crippen molar-refractivity contribution < 1.29 is 9.90 Å². The van der Waals surface area contributed by atoms with Crippen molar-refractivity contribution >= 4 is 5.91 Å². The lowest BCUT2D eigenvalue weighted by Gasteiger charge is -2.32. The first-order valence-corrected chi connectivity index (χ1v) is 13.3. The summed E-state index contributed by atoms with van der Waals surface area (Å²) in [5.41, 5.74) is 3.51. The third-order valence-electron chi connectivity index (χ3n) is 7.08. The van der Waals surface area contributed by atoms with Crippen LogP contribution in [0.25, 0.3) is 22.5 Å². The molecule has 1 aliphatic heterocycles. The Hall–Kier alpha value is -4.18. The third-order valence-corrected chi connectivity index (χ3v) is 7.08. The maximum atomic E-state index is 13.8. The molecular weight excluding hydrogens is 494 g/mol. The van der Waals surface area contributed by atoms with Crippen molar-refractivity contribution in [2.45, 2.75) is 65.1 Å². The van der Waals surface area contributed by atoms with Crippen LogP contribution in [0.1, 0.15) is 56.3 Å². The Bertz CT molecular complexity index is 1520. The van der Waals surface area contributed by atoms with Gasteiger partial charge in [-0.05, 0) is 42.2 Å². The lowest BCUT2D eigenvalue weighted by Crippen LogP contribution is -2.49. The minimum Gasteiger partial charge on any atom is -0.381 e. The van der Waals surface area contributed by atoms with Crippen LogP contribution < -0.4 is 5.56 Å². The van der Waals surface area contributed by atoms with Crippen LogP contribution in [0.2, 0.25) is 0 Å². The number of carbonyl (C=O) groups excluding carboxylic acids is 1. The van der Waals surface area contributed by atoms with E-state index in [-0.39, 0.29) is 18.0 Å². The van der Waals surface area contributed by atoms with Crippen molar-refractivity contribution in [3.63, 3.8) is 0 Å². The number of carbonyl (C=O) groups is 1. The molecule has 4 aromatic rings. The number of amides is 1. The van der Waals surface area contributed by atoms with Gasteiger partial charge in [0.25, 0.3) is 11.5 Å². The molecule has 0 saturated carbocycles. The average Bonchev–Trinajstić information content (AvgIpc) is 3.48. The van der Waals surface area contributed by atoms with Gasteiger partial charge in [-0.15, -0.1) is 10.2 Å². The summed E-state index contributed by atoms with van der Waals surface area (Å²) in [7, 11) is 0. The molecule has 0 unspecified atom stereocenters. The van der Waals surface area contributed by atoms with E-state index < -0.39 is 5.60 Å². The van der Waals surface area contributed by atoms with E-state index in [2.05, 4.69) is 27.5 Å². The fraction of sp³-hybridized carbons (Fsp3) is 0.379. The molecule has 5 rings (SSSR count). The van der Waals surface area contributed by atoms with Crippen LogP contribution in [0.15, 0.2) is 53.3 Å². The Kier molecular flexibility index (Phi) is 7.38. The highest BCUT2D eigenvalue weighted by Crippen LogP contribution is 2.30. The first-order chi connectivity index (χ1) is 18.8. The Morgan fingerprint density at radius 2 is 1.85 bits per heavy atom. The molecule has 0 bridgehead atoms. The number of hydrogen-bond donors (Lipinski definition) is 2. The molecule has 0 saturated heterocycles. The maximum Gasteiger partial charge on any atom is 0.259 e. The number of aromatic nitrogens is 6. The van der Waals surface area contributed by atoms with Gasteiger partial charge in [0.05, 0.1) is 24.3 Å². The topological polar surface area (TPSA) is 130 Å². The number of unbranched alkanes of at least 4 members (excludes halogenated alkanes) is 1. The van der Waals surface area contributed by atoms with E-state index in [9.17, 15) is 14.7 Å². The molecule has 0 radical (unpaired) electrons. The molecule has 3 heterocycles. The van der Waals surface area contributed by atoms with E-state index in [1.807, 2.05) is 48.5 Å². The van der Waals surface area contributed by atoms with Gasteiger partial charge in [0.1, 0.15) is 11.4 Å². The van der Waals surface area contributed by atoms with Crippen molar-refractivity contribution in [1.29, 1.82) is 0 Å². The van der Waals surface area contributed by atoms with Crippen molar-refractivity contribution in [3.05, 3.63) is 81.5 Å². The van der Waals surface area contributed by atoms with E-state index in [4.69, 9.17) is 4.98 Å². The number of benzene rings is 2. The first-order valence-electron chi connectivity index (χ1n) is 13.3. The maximum absolute atomic E-state index is 13.8. The number of aromatic amines is 1. The summed E-state index contributed by atoms with van der Waals surface area (Å²) < 4.78 is 1.74. The second-order valence-corrected chi connectivity index (χ2v) is 10.5. The van der Waals surface area contributed by atoms with Crippen molar-refractivity contribution in [2.24, 2.45) is 0 Å². The normalized spacial score (nSPS) is 13.4. The van der Waals surface area contributed by atoms with E-state index in [1.165, 1.54) is 13.8 Å². The lowest BCUT2D eigenvalue weighted by molar-refractivity contribution is -0.148. The van der Waals surface area contributed by atoms with Gasteiger partial charge in [-0.2, -0.15) is 5.21 Å². The van der Waals surface area contributed by atoms with Gasteiger partial charge in [0.15, 0.2) is 0 Å². The van der Waals surface area contributed by atoms with Crippen molar-refractivity contribution in [1.82, 2.24) is 35.1 Å². The Morgan fingerprint density at radius 3 is 2.51 bits per heavy atom. The summed E-state index contributed by atoms with van der Waals surface area (Å²) in [6, 6.07) is 16.0. The molecular formula is C29H33N7O3. The molecule has 202 valence electrons. The van der Waals surface area contributed by atoms with Gasteiger partial charge in [0, 0.05) is 24.9 Å². The van der Waals surface area contributed by atoms with E-state index in [0.717, 1.165) is 46.6 Å². The zero-order valence-corrected chi connectivity index (χ0v) is 22.5. The standard InChI is InChI=1S/C29H33N7O3/c1-4-5-10-25-30-24-15-16-35(28(38)29(2,3)39)18-23(24)27(37)36(25)17-19-11-13-20(14-12-19)21-8-6-7-9-22(21)26-31-33-34-32-26/h6-9,11-14,39H,4-5,10,15-18H2,1-3H3,(H,31,32,33,34). The summed E-state index contributed by atoms with van der Waals surface area (Å²) in [6.45, 7) is 6.03. The summed E-state index contributed by atoms with van der Waals surface area (Å²) in [4.78, 5) is 33.0. The fourth-order valence-electron chi connectivity index (χ4n) is 4.99. The highest BCUT2D eigenvalue weighted by molar-refractivity contribution is 5.84. The number of nitrogens with zero attached hydrogens (tertiary/aromatic N) is 6. The molecule has 10 nitrogen and oxygen atoms in total. The van der Waals surface area contributed by atoms with Crippen LogP contribution in [0.3, 0.4) is 0 Å². The lowest BCUT2D eigenvalue weighted by atomic mass is 9.98. The number of hydrogen-bond acceptors (Lipinski definition) is 7.